The van der Waals surface area contributed by atoms with Gasteiger partial charge >= 0.3 is 0 Å². The molecule has 2 atom stereocenters. The van der Waals surface area contributed by atoms with Gasteiger partial charge in [0.1, 0.15) is 0 Å². The van der Waals surface area contributed by atoms with E-state index in [0.717, 1.165) is 32.4 Å². The first-order valence-corrected chi connectivity index (χ1v) is 6.36. The number of likely N-dealkylation sites (N-methyl/N-ethyl adjacent to an activating group) is 1. The summed E-state index contributed by atoms with van der Waals surface area (Å²) in [5.74, 6) is 0.421. The standard InChI is InChI=1S/C12H24N2O2/c1-14(7-11-3-2-6-16-11)9-12(15,8-13)10-4-5-10/h10-11,15H,2-9,13H2,1H3. The van der Waals surface area contributed by atoms with Crippen molar-refractivity contribution < 1.29 is 9.84 Å². The summed E-state index contributed by atoms with van der Waals surface area (Å²) in [7, 11) is 2.05. The van der Waals surface area contributed by atoms with Crippen LogP contribution in [0.1, 0.15) is 25.7 Å². The summed E-state index contributed by atoms with van der Waals surface area (Å²) in [4.78, 5) is 2.17. The van der Waals surface area contributed by atoms with Crippen LogP contribution < -0.4 is 5.73 Å². The van der Waals surface area contributed by atoms with Crippen molar-refractivity contribution in [1.82, 2.24) is 4.90 Å². The van der Waals surface area contributed by atoms with E-state index in [2.05, 4.69) is 4.90 Å². The van der Waals surface area contributed by atoms with Crippen molar-refractivity contribution in [2.24, 2.45) is 11.7 Å². The molecule has 0 bridgehead atoms. The fraction of sp³-hybridized carbons (Fsp3) is 1.00. The molecule has 0 spiro atoms. The van der Waals surface area contributed by atoms with Crippen LogP contribution in [0.4, 0.5) is 0 Å². The van der Waals surface area contributed by atoms with Gasteiger partial charge in [-0.15, -0.1) is 0 Å². The molecule has 2 rings (SSSR count). The molecule has 4 heteroatoms. The van der Waals surface area contributed by atoms with Crippen molar-refractivity contribution in [3.63, 3.8) is 0 Å². The van der Waals surface area contributed by atoms with Gasteiger partial charge in [-0.2, -0.15) is 0 Å². The summed E-state index contributed by atoms with van der Waals surface area (Å²) >= 11 is 0. The Balaban J connectivity index is 1.78. The third kappa shape index (κ3) is 2.94. The van der Waals surface area contributed by atoms with Gasteiger partial charge < -0.3 is 20.5 Å². The number of hydrogen-bond acceptors (Lipinski definition) is 4. The average Bonchev–Trinajstić information content (AvgIpc) is 3.00. The Morgan fingerprint density at radius 2 is 2.19 bits per heavy atom. The predicted molar refractivity (Wildman–Crippen MR) is 63.2 cm³/mol. The normalized spacial score (nSPS) is 29.6. The van der Waals surface area contributed by atoms with Gasteiger partial charge in [-0.25, -0.2) is 0 Å². The molecule has 3 N–H and O–H groups in total. The maximum atomic E-state index is 10.4. The number of hydrogen-bond donors (Lipinski definition) is 2. The Bertz CT molecular complexity index is 227. The molecule has 2 fully saturated rings. The first-order chi connectivity index (χ1) is 7.64. The summed E-state index contributed by atoms with van der Waals surface area (Å²) in [6.07, 6.45) is 4.92. The van der Waals surface area contributed by atoms with Gasteiger partial charge in [-0.3, -0.25) is 0 Å². The Morgan fingerprint density at radius 3 is 2.69 bits per heavy atom. The molecule has 0 amide bonds. The monoisotopic (exact) mass is 228 g/mol. The fourth-order valence-corrected chi connectivity index (χ4v) is 2.65. The zero-order valence-electron chi connectivity index (χ0n) is 10.2. The molecule has 0 aromatic carbocycles. The summed E-state index contributed by atoms with van der Waals surface area (Å²) in [5, 5.41) is 10.4. The quantitative estimate of drug-likeness (QED) is 0.682. The van der Waals surface area contributed by atoms with Crippen LogP contribution in [0.15, 0.2) is 0 Å². The highest BCUT2D eigenvalue weighted by Gasteiger charge is 2.43. The van der Waals surface area contributed by atoms with Crippen LogP contribution in [0.3, 0.4) is 0 Å². The van der Waals surface area contributed by atoms with Gasteiger partial charge in [-0.05, 0) is 38.6 Å². The van der Waals surface area contributed by atoms with Crippen LogP contribution in [0.25, 0.3) is 0 Å². The van der Waals surface area contributed by atoms with Crippen molar-refractivity contribution in [2.75, 3.05) is 33.3 Å². The third-order valence-corrected chi connectivity index (χ3v) is 3.77. The second-order valence-corrected chi connectivity index (χ2v) is 5.41. The minimum atomic E-state index is -0.673. The molecule has 4 nitrogen and oxygen atoms in total. The summed E-state index contributed by atoms with van der Waals surface area (Å²) in [5.41, 5.74) is 5.02. The number of nitrogens with zero attached hydrogens (tertiary/aromatic N) is 1. The van der Waals surface area contributed by atoms with Gasteiger partial charge in [0, 0.05) is 26.2 Å². The first-order valence-electron chi connectivity index (χ1n) is 6.36. The van der Waals surface area contributed by atoms with E-state index >= 15 is 0 Å². The largest absolute Gasteiger partial charge is 0.387 e. The molecular weight excluding hydrogens is 204 g/mol. The van der Waals surface area contributed by atoms with Gasteiger partial charge in [0.05, 0.1) is 11.7 Å². The van der Waals surface area contributed by atoms with Gasteiger partial charge in [0.15, 0.2) is 0 Å². The van der Waals surface area contributed by atoms with Crippen molar-refractivity contribution in [3.05, 3.63) is 0 Å². The highest BCUT2D eigenvalue weighted by Crippen LogP contribution is 2.39. The lowest BCUT2D eigenvalue weighted by Crippen LogP contribution is -2.50. The fourth-order valence-electron chi connectivity index (χ4n) is 2.65. The lowest BCUT2D eigenvalue weighted by atomic mass is 9.97. The highest BCUT2D eigenvalue weighted by atomic mass is 16.5. The number of nitrogens with two attached hydrogens (primary N) is 1. The highest BCUT2D eigenvalue weighted by molar-refractivity contribution is 4.97. The van der Waals surface area contributed by atoms with Crippen LogP contribution in [-0.4, -0.2) is 55.0 Å². The molecule has 16 heavy (non-hydrogen) atoms. The molecule has 2 aliphatic rings. The topological polar surface area (TPSA) is 58.7 Å². The summed E-state index contributed by atoms with van der Waals surface area (Å²) < 4.78 is 5.59. The van der Waals surface area contributed by atoms with E-state index in [4.69, 9.17) is 10.5 Å². The second-order valence-electron chi connectivity index (χ2n) is 5.41. The maximum Gasteiger partial charge on any atom is 0.0923 e. The van der Waals surface area contributed by atoms with Crippen LogP contribution in [-0.2, 0) is 4.74 Å². The number of rotatable bonds is 6. The molecule has 2 unspecified atom stereocenters. The van der Waals surface area contributed by atoms with Crippen LogP contribution >= 0.6 is 0 Å². The van der Waals surface area contributed by atoms with E-state index in [0.29, 0.717) is 25.1 Å². The minimum Gasteiger partial charge on any atom is -0.387 e. The number of aliphatic hydroxyl groups is 1. The lowest BCUT2D eigenvalue weighted by Gasteiger charge is -2.32. The molecule has 1 aliphatic carbocycles. The third-order valence-electron chi connectivity index (χ3n) is 3.77. The van der Waals surface area contributed by atoms with E-state index in [1.165, 1.54) is 6.42 Å². The smallest absolute Gasteiger partial charge is 0.0923 e. The van der Waals surface area contributed by atoms with E-state index in [-0.39, 0.29) is 0 Å². The van der Waals surface area contributed by atoms with Crippen molar-refractivity contribution in [3.8, 4) is 0 Å². The zero-order valence-corrected chi connectivity index (χ0v) is 10.2. The molecule has 0 aromatic heterocycles. The molecule has 1 saturated carbocycles. The molecule has 1 saturated heterocycles. The lowest BCUT2D eigenvalue weighted by molar-refractivity contribution is -0.0139. The molecule has 0 aromatic rings. The van der Waals surface area contributed by atoms with E-state index in [1.807, 2.05) is 7.05 Å². The summed E-state index contributed by atoms with van der Waals surface area (Å²) in [6.45, 7) is 2.85. The number of ether oxygens (including phenoxy) is 1. The Labute approximate surface area is 97.7 Å². The van der Waals surface area contributed by atoms with Crippen LogP contribution in [0, 0.1) is 5.92 Å². The Hall–Kier alpha value is -0.160. The zero-order chi connectivity index (χ0) is 11.6. The van der Waals surface area contributed by atoms with Crippen molar-refractivity contribution in [1.29, 1.82) is 0 Å². The van der Waals surface area contributed by atoms with E-state index in [9.17, 15) is 5.11 Å². The van der Waals surface area contributed by atoms with E-state index in [1.54, 1.807) is 0 Å². The molecular formula is C12H24N2O2. The van der Waals surface area contributed by atoms with Crippen molar-refractivity contribution in [2.45, 2.75) is 37.4 Å². The first kappa shape index (κ1) is 12.3. The molecule has 1 heterocycles. The molecule has 94 valence electrons. The van der Waals surface area contributed by atoms with Crippen molar-refractivity contribution >= 4 is 0 Å². The Morgan fingerprint density at radius 1 is 1.44 bits per heavy atom. The maximum absolute atomic E-state index is 10.4. The van der Waals surface area contributed by atoms with Crippen LogP contribution in [0.2, 0.25) is 0 Å². The minimum absolute atomic E-state index is 0.353. The Kier molecular flexibility index (Phi) is 3.85. The van der Waals surface area contributed by atoms with Crippen LogP contribution in [0.5, 0.6) is 0 Å². The van der Waals surface area contributed by atoms with Gasteiger partial charge in [0.25, 0.3) is 0 Å². The molecule has 1 aliphatic heterocycles. The molecule has 0 radical (unpaired) electrons. The SMILES string of the molecule is CN(CC1CCCO1)CC(O)(CN)C1CC1. The second kappa shape index (κ2) is 5.00. The van der Waals surface area contributed by atoms with Gasteiger partial charge in [0.2, 0.25) is 0 Å². The van der Waals surface area contributed by atoms with E-state index < -0.39 is 5.60 Å². The summed E-state index contributed by atoms with van der Waals surface area (Å²) in [6, 6.07) is 0. The van der Waals surface area contributed by atoms with Gasteiger partial charge in [-0.1, -0.05) is 0 Å². The predicted octanol–water partition coefficient (Wildman–Crippen LogP) is 0.197. The average molecular weight is 228 g/mol.